The number of aromatic nitrogens is 3. The van der Waals surface area contributed by atoms with E-state index in [1.165, 1.54) is 11.3 Å². The number of nitrogens with zero attached hydrogens (tertiary/aromatic N) is 3. The molecule has 0 aliphatic heterocycles. The summed E-state index contributed by atoms with van der Waals surface area (Å²) < 4.78 is 4.67. The van der Waals surface area contributed by atoms with E-state index in [2.05, 4.69) is 19.9 Å². The third-order valence-corrected chi connectivity index (χ3v) is 2.09. The topological polar surface area (TPSA) is 51.8 Å². The molecular weight excluding hydrogens is 162 g/mol. The second-order valence-corrected chi connectivity index (χ2v) is 3.22. The zero-order valence-corrected chi connectivity index (χ0v) is 6.63. The third kappa shape index (κ3) is 1.14. The second-order valence-electron chi connectivity index (χ2n) is 2.04. The number of hydrogen-bond donors (Lipinski definition) is 0. The van der Waals surface area contributed by atoms with Crippen LogP contribution in [-0.4, -0.2) is 15.4 Å². The van der Waals surface area contributed by atoms with Crippen molar-refractivity contribution >= 4 is 11.3 Å². The summed E-state index contributed by atoms with van der Waals surface area (Å²) in [5.74, 6) is 0. The minimum absolute atomic E-state index is 0.851. The third-order valence-electron chi connectivity index (χ3n) is 1.21. The average Bonchev–Trinajstić information content (AvgIpc) is 2.55. The standard InChI is InChI=1S/C6H5N3OS/c1-4-8-9-6(11-4)5-2-7-10-3-5/h2-3H,1H3. The summed E-state index contributed by atoms with van der Waals surface area (Å²) in [5.41, 5.74) is 0.885. The van der Waals surface area contributed by atoms with Crippen LogP contribution in [0.5, 0.6) is 0 Å². The first-order valence-corrected chi connectivity index (χ1v) is 3.88. The first kappa shape index (κ1) is 6.48. The summed E-state index contributed by atoms with van der Waals surface area (Å²) in [6.07, 6.45) is 3.18. The maximum atomic E-state index is 4.67. The molecule has 0 spiro atoms. The van der Waals surface area contributed by atoms with Crippen LogP contribution < -0.4 is 0 Å². The minimum atomic E-state index is 0.851. The van der Waals surface area contributed by atoms with E-state index >= 15 is 0 Å². The lowest BCUT2D eigenvalue weighted by molar-refractivity contribution is 0.420. The van der Waals surface area contributed by atoms with Gasteiger partial charge in [-0.15, -0.1) is 10.2 Å². The highest BCUT2D eigenvalue weighted by Gasteiger charge is 2.04. The Balaban J connectivity index is 2.45. The molecule has 0 radical (unpaired) electrons. The van der Waals surface area contributed by atoms with Gasteiger partial charge in [-0.3, -0.25) is 0 Å². The van der Waals surface area contributed by atoms with Crippen LogP contribution in [-0.2, 0) is 0 Å². The van der Waals surface area contributed by atoms with Crippen LogP contribution in [0.4, 0.5) is 0 Å². The van der Waals surface area contributed by atoms with Crippen molar-refractivity contribution in [2.75, 3.05) is 0 Å². The van der Waals surface area contributed by atoms with E-state index in [1.54, 1.807) is 12.5 Å². The van der Waals surface area contributed by atoms with Crippen LogP contribution >= 0.6 is 11.3 Å². The highest BCUT2D eigenvalue weighted by molar-refractivity contribution is 7.14. The van der Waals surface area contributed by atoms with Crippen LogP contribution in [0.2, 0.25) is 0 Å². The molecular formula is C6H5N3OS. The maximum Gasteiger partial charge on any atom is 0.152 e. The first-order chi connectivity index (χ1) is 5.36. The lowest BCUT2D eigenvalue weighted by Crippen LogP contribution is -1.71. The fraction of sp³-hybridized carbons (Fsp3) is 0.167. The number of hydrogen-bond acceptors (Lipinski definition) is 5. The summed E-state index contributed by atoms with van der Waals surface area (Å²) in [6, 6.07) is 0. The molecule has 5 heteroatoms. The van der Waals surface area contributed by atoms with E-state index in [9.17, 15) is 0 Å². The zero-order valence-electron chi connectivity index (χ0n) is 5.81. The van der Waals surface area contributed by atoms with Crippen molar-refractivity contribution in [2.45, 2.75) is 6.92 Å². The minimum Gasteiger partial charge on any atom is -0.364 e. The Kier molecular flexibility index (Phi) is 1.43. The molecule has 0 bridgehead atoms. The van der Waals surface area contributed by atoms with Gasteiger partial charge in [-0.2, -0.15) is 0 Å². The van der Waals surface area contributed by atoms with Gasteiger partial charge in [-0.1, -0.05) is 16.5 Å². The van der Waals surface area contributed by atoms with Gasteiger partial charge in [0.2, 0.25) is 0 Å². The Morgan fingerprint density at radius 3 is 2.91 bits per heavy atom. The molecule has 0 N–H and O–H groups in total. The van der Waals surface area contributed by atoms with E-state index in [0.29, 0.717) is 0 Å². The number of rotatable bonds is 1. The van der Waals surface area contributed by atoms with Gasteiger partial charge >= 0.3 is 0 Å². The van der Waals surface area contributed by atoms with Crippen molar-refractivity contribution in [2.24, 2.45) is 0 Å². The van der Waals surface area contributed by atoms with Gasteiger partial charge in [-0.25, -0.2) is 0 Å². The van der Waals surface area contributed by atoms with E-state index in [4.69, 9.17) is 0 Å². The van der Waals surface area contributed by atoms with Gasteiger partial charge < -0.3 is 4.52 Å². The summed E-state index contributed by atoms with van der Waals surface area (Å²) in [5, 5.41) is 13.2. The Morgan fingerprint density at radius 2 is 2.36 bits per heavy atom. The Labute approximate surface area is 66.9 Å². The molecule has 0 saturated heterocycles. The molecule has 2 heterocycles. The lowest BCUT2D eigenvalue weighted by Gasteiger charge is -1.79. The smallest absolute Gasteiger partial charge is 0.152 e. The molecule has 0 fully saturated rings. The second kappa shape index (κ2) is 2.43. The molecule has 0 aromatic carbocycles. The number of aryl methyl sites for hydroxylation is 1. The van der Waals surface area contributed by atoms with Crippen molar-refractivity contribution in [3.8, 4) is 10.6 Å². The van der Waals surface area contributed by atoms with Gasteiger partial charge in [0.1, 0.15) is 11.3 Å². The average molecular weight is 167 g/mol. The van der Waals surface area contributed by atoms with Crippen molar-refractivity contribution in [1.82, 2.24) is 15.4 Å². The highest BCUT2D eigenvalue weighted by atomic mass is 32.1. The summed E-state index contributed by atoms with van der Waals surface area (Å²) in [4.78, 5) is 0. The molecule has 4 nitrogen and oxygen atoms in total. The van der Waals surface area contributed by atoms with E-state index in [1.807, 2.05) is 6.92 Å². The molecule has 0 aliphatic carbocycles. The molecule has 0 amide bonds. The van der Waals surface area contributed by atoms with Crippen LogP contribution in [0.1, 0.15) is 5.01 Å². The maximum absolute atomic E-state index is 4.67. The van der Waals surface area contributed by atoms with Gasteiger partial charge in [0.25, 0.3) is 0 Å². The Bertz CT molecular complexity index is 340. The fourth-order valence-corrected chi connectivity index (χ4v) is 1.39. The van der Waals surface area contributed by atoms with Crippen molar-refractivity contribution in [3.05, 3.63) is 17.5 Å². The van der Waals surface area contributed by atoms with Crippen molar-refractivity contribution in [3.63, 3.8) is 0 Å². The Morgan fingerprint density at radius 1 is 1.45 bits per heavy atom. The first-order valence-electron chi connectivity index (χ1n) is 3.06. The van der Waals surface area contributed by atoms with Gasteiger partial charge in [0.15, 0.2) is 5.01 Å². The molecule has 2 rings (SSSR count). The normalized spacial score (nSPS) is 10.3. The molecule has 0 aliphatic rings. The van der Waals surface area contributed by atoms with E-state index in [0.717, 1.165) is 15.6 Å². The molecule has 2 aromatic rings. The van der Waals surface area contributed by atoms with Crippen LogP contribution in [0, 0.1) is 6.92 Å². The van der Waals surface area contributed by atoms with Crippen molar-refractivity contribution in [1.29, 1.82) is 0 Å². The predicted molar refractivity (Wildman–Crippen MR) is 40.1 cm³/mol. The fourth-order valence-electron chi connectivity index (χ4n) is 0.724. The molecule has 2 aromatic heterocycles. The monoisotopic (exact) mass is 167 g/mol. The van der Waals surface area contributed by atoms with E-state index < -0.39 is 0 Å². The summed E-state index contributed by atoms with van der Waals surface area (Å²) in [6.45, 7) is 1.91. The van der Waals surface area contributed by atoms with Gasteiger partial charge in [0.05, 0.1) is 11.8 Å². The molecule has 0 unspecified atom stereocenters. The van der Waals surface area contributed by atoms with Crippen LogP contribution in [0.15, 0.2) is 17.0 Å². The van der Waals surface area contributed by atoms with E-state index in [-0.39, 0.29) is 0 Å². The Hall–Kier alpha value is -1.23. The SMILES string of the molecule is Cc1nnc(-c2cnoc2)s1. The summed E-state index contributed by atoms with van der Waals surface area (Å²) in [7, 11) is 0. The lowest BCUT2D eigenvalue weighted by atomic mass is 10.4. The quantitative estimate of drug-likeness (QED) is 0.645. The van der Waals surface area contributed by atoms with Crippen LogP contribution in [0.3, 0.4) is 0 Å². The molecule has 56 valence electrons. The molecule has 0 atom stereocenters. The van der Waals surface area contributed by atoms with Crippen LogP contribution in [0.25, 0.3) is 10.6 Å². The van der Waals surface area contributed by atoms with Gasteiger partial charge in [-0.05, 0) is 6.92 Å². The molecule has 11 heavy (non-hydrogen) atoms. The van der Waals surface area contributed by atoms with Crippen molar-refractivity contribution < 1.29 is 4.52 Å². The zero-order chi connectivity index (χ0) is 7.68. The molecule has 0 saturated carbocycles. The largest absolute Gasteiger partial charge is 0.364 e. The predicted octanol–water partition coefficient (Wildman–Crippen LogP) is 1.50. The highest BCUT2D eigenvalue weighted by Crippen LogP contribution is 2.21. The summed E-state index contributed by atoms with van der Waals surface area (Å²) >= 11 is 1.52. The van der Waals surface area contributed by atoms with Gasteiger partial charge in [0, 0.05) is 0 Å².